The summed E-state index contributed by atoms with van der Waals surface area (Å²) in [6.45, 7) is 1.81. The molecule has 1 aliphatic carbocycles. The fraction of sp³-hybridized carbons (Fsp3) is 0.500. The normalized spacial score (nSPS) is 18.5. The minimum Gasteiger partial charge on any atom is -0.481 e. The SMILES string of the molecule is CC(CN(C)C(=O)NC1CCc2ccccc2C1)C(=O)O. The van der Waals surface area contributed by atoms with Crippen molar-refractivity contribution in [2.24, 2.45) is 5.92 Å². The molecule has 2 atom stereocenters. The van der Waals surface area contributed by atoms with Crippen LogP contribution in [0.25, 0.3) is 0 Å². The molecule has 0 bridgehead atoms. The molecule has 0 saturated heterocycles. The van der Waals surface area contributed by atoms with Crippen LogP contribution in [0.4, 0.5) is 4.79 Å². The number of rotatable bonds is 4. The number of hydrogen-bond acceptors (Lipinski definition) is 2. The van der Waals surface area contributed by atoms with Crippen LogP contribution >= 0.6 is 0 Å². The van der Waals surface area contributed by atoms with Gasteiger partial charge in [0.25, 0.3) is 0 Å². The number of amides is 2. The number of urea groups is 1. The Bertz CT molecular complexity index is 530. The van der Waals surface area contributed by atoms with Crippen LogP contribution in [0.5, 0.6) is 0 Å². The van der Waals surface area contributed by atoms with Gasteiger partial charge in [-0.3, -0.25) is 4.79 Å². The van der Waals surface area contributed by atoms with Crippen molar-refractivity contribution in [3.8, 4) is 0 Å². The van der Waals surface area contributed by atoms with E-state index in [-0.39, 0.29) is 18.6 Å². The Morgan fingerprint density at radius 1 is 1.38 bits per heavy atom. The van der Waals surface area contributed by atoms with Crippen molar-refractivity contribution in [1.29, 1.82) is 0 Å². The number of carbonyl (C=O) groups is 2. The van der Waals surface area contributed by atoms with Gasteiger partial charge in [0.05, 0.1) is 5.92 Å². The molecule has 1 aromatic rings. The Balaban J connectivity index is 1.88. The number of fused-ring (bicyclic) bond motifs is 1. The zero-order chi connectivity index (χ0) is 15.4. The number of aryl methyl sites for hydroxylation is 1. The standard InChI is InChI=1S/C16H22N2O3/c1-11(15(19)20)10-18(2)16(21)17-14-8-7-12-5-3-4-6-13(12)9-14/h3-6,11,14H,7-10H2,1-2H3,(H,17,21)(H,19,20). The van der Waals surface area contributed by atoms with E-state index >= 15 is 0 Å². The Morgan fingerprint density at radius 3 is 2.71 bits per heavy atom. The van der Waals surface area contributed by atoms with Crippen LogP contribution in [0, 0.1) is 5.92 Å². The van der Waals surface area contributed by atoms with Gasteiger partial charge in [0, 0.05) is 19.6 Å². The van der Waals surface area contributed by atoms with Gasteiger partial charge < -0.3 is 15.3 Å². The molecule has 0 heterocycles. The van der Waals surface area contributed by atoms with Crippen LogP contribution in [0.1, 0.15) is 24.5 Å². The van der Waals surface area contributed by atoms with Gasteiger partial charge in [0.1, 0.15) is 0 Å². The molecular formula is C16H22N2O3. The van der Waals surface area contributed by atoms with Gasteiger partial charge in [-0.2, -0.15) is 0 Å². The molecule has 0 aliphatic heterocycles. The van der Waals surface area contributed by atoms with E-state index < -0.39 is 11.9 Å². The molecule has 0 aromatic heterocycles. The highest BCUT2D eigenvalue weighted by atomic mass is 16.4. The summed E-state index contributed by atoms with van der Waals surface area (Å²) in [7, 11) is 1.63. The molecule has 1 aromatic carbocycles. The Kier molecular flexibility index (Phi) is 4.83. The van der Waals surface area contributed by atoms with Gasteiger partial charge in [-0.25, -0.2) is 4.79 Å². The monoisotopic (exact) mass is 290 g/mol. The van der Waals surface area contributed by atoms with E-state index in [1.165, 1.54) is 16.0 Å². The first kappa shape index (κ1) is 15.4. The maximum absolute atomic E-state index is 12.1. The third kappa shape index (κ3) is 3.97. The number of benzene rings is 1. The van der Waals surface area contributed by atoms with E-state index in [0.717, 1.165) is 19.3 Å². The smallest absolute Gasteiger partial charge is 0.317 e. The van der Waals surface area contributed by atoms with Crippen molar-refractivity contribution < 1.29 is 14.7 Å². The summed E-state index contributed by atoms with van der Waals surface area (Å²) >= 11 is 0. The van der Waals surface area contributed by atoms with E-state index in [0.29, 0.717) is 0 Å². The van der Waals surface area contributed by atoms with Crippen molar-refractivity contribution in [2.75, 3.05) is 13.6 Å². The van der Waals surface area contributed by atoms with Crippen LogP contribution < -0.4 is 5.32 Å². The zero-order valence-corrected chi connectivity index (χ0v) is 12.5. The topological polar surface area (TPSA) is 69.6 Å². The Hall–Kier alpha value is -2.04. The maximum Gasteiger partial charge on any atom is 0.317 e. The molecule has 2 N–H and O–H groups in total. The molecule has 1 aliphatic rings. The van der Waals surface area contributed by atoms with E-state index in [9.17, 15) is 9.59 Å². The summed E-state index contributed by atoms with van der Waals surface area (Å²) in [6.07, 6.45) is 2.73. The van der Waals surface area contributed by atoms with Crippen molar-refractivity contribution in [2.45, 2.75) is 32.2 Å². The second-order valence-corrected chi connectivity index (χ2v) is 5.78. The lowest BCUT2D eigenvalue weighted by Gasteiger charge is -2.28. The summed E-state index contributed by atoms with van der Waals surface area (Å²) in [4.78, 5) is 24.4. The Morgan fingerprint density at radius 2 is 2.05 bits per heavy atom. The lowest BCUT2D eigenvalue weighted by atomic mass is 9.88. The minimum atomic E-state index is -0.888. The van der Waals surface area contributed by atoms with Gasteiger partial charge in [-0.05, 0) is 30.4 Å². The largest absolute Gasteiger partial charge is 0.481 e. The fourth-order valence-electron chi connectivity index (χ4n) is 2.68. The molecule has 2 unspecified atom stereocenters. The van der Waals surface area contributed by atoms with Crippen LogP contribution in [-0.2, 0) is 17.6 Å². The van der Waals surface area contributed by atoms with Crippen molar-refractivity contribution in [1.82, 2.24) is 10.2 Å². The maximum atomic E-state index is 12.1. The van der Waals surface area contributed by atoms with Gasteiger partial charge in [0.15, 0.2) is 0 Å². The molecule has 0 saturated carbocycles. The molecular weight excluding hydrogens is 268 g/mol. The van der Waals surface area contributed by atoms with Crippen molar-refractivity contribution >= 4 is 12.0 Å². The molecule has 5 heteroatoms. The van der Waals surface area contributed by atoms with Gasteiger partial charge in [-0.1, -0.05) is 31.2 Å². The van der Waals surface area contributed by atoms with Gasteiger partial charge in [-0.15, -0.1) is 0 Å². The van der Waals surface area contributed by atoms with Gasteiger partial charge in [0.2, 0.25) is 0 Å². The summed E-state index contributed by atoms with van der Waals surface area (Å²) in [5.74, 6) is -1.45. The van der Waals surface area contributed by atoms with Crippen LogP contribution in [0.3, 0.4) is 0 Å². The molecule has 0 spiro atoms. The van der Waals surface area contributed by atoms with E-state index in [1.54, 1.807) is 14.0 Å². The number of carboxylic acid groups (broad SMARTS) is 1. The number of carboxylic acids is 1. The molecule has 0 fully saturated rings. The fourth-order valence-corrected chi connectivity index (χ4v) is 2.68. The van der Waals surface area contributed by atoms with E-state index in [1.807, 2.05) is 12.1 Å². The lowest BCUT2D eigenvalue weighted by molar-refractivity contribution is -0.141. The first-order valence-corrected chi connectivity index (χ1v) is 7.28. The number of nitrogens with one attached hydrogen (secondary N) is 1. The summed E-state index contributed by atoms with van der Waals surface area (Å²) in [6, 6.07) is 8.21. The quantitative estimate of drug-likeness (QED) is 0.890. The second-order valence-electron chi connectivity index (χ2n) is 5.78. The third-order valence-electron chi connectivity index (χ3n) is 3.99. The molecule has 0 radical (unpaired) electrons. The third-order valence-corrected chi connectivity index (χ3v) is 3.99. The Labute approximate surface area is 125 Å². The molecule has 21 heavy (non-hydrogen) atoms. The van der Waals surface area contributed by atoms with Crippen molar-refractivity contribution in [3.63, 3.8) is 0 Å². The number of carbonyl (C=O) groups excluding carboxylic acids is 1. The number of nitrogens with zero attached hydrogens (tertiary/aromatic N) is 1. The number of hydrogen-bond donors (Lipinski definition) is 2. The highest BCUT2D eigenvalue weighted by molar-refractivity contribution is 5.76. The minimum absolute atomic E-state index is 0.120. The summed E-state index contributed by atoms with van der Waals surface area (Å²) in [5.41, 5.74) is 2.64. The molecule has 114 valence electrons. The average molecular weight is 290 g/mol. The van der Waals surface area contributed by atoms with E-state index in [4.69, 9.17) is 5.11 Å². The lowest BCUT2D eigenvalue weighted by Crippen LogP contribution is -2.46. The highest BCUT2D eigenvalue weighted by Crippen LogP contribution is 2.21. The summed E-state index contributed by atoms with van der Waals surface area (Å²) < 4.78 is 0. The first-order valence-electron chi connectivity index (χ1n) is 7.28. The molecule has 2 rings (SSSR count). The van der Waals surface area contributed by atoms with Crippen LogP contribution in [-0.4, -0.2) is 41.6 Å². The van der Waals surface area contributed by atoms with Gasteiger partial charge >= 0.3 is 12.0 Å². The summed E-state index contributed by atoms with van der Waals surface area (Å²) in [5, 5.41) is 11.9. The highest BCUT2D eigenvalue weighted by Gasteiger charge is 2.22. The predicted octanol–water partition coefficient (Wildman–Crippen LogP) is 1.91. The first-order chi connectivity index (χ1) is 9.97. The molecule has 5 nitrogen and oxygen atoms in total. The molecule has 2 amide bonds. The number of aliphatic carboxylic acids is 1. The predicted molar refractivity (Wildman–Crippen MR) is 80.2 cm³/mol. The average Bonchev–Trinajstić information content (AvgIpc) is 2.46. The van der Waals surface area contributed by atoms with Crippen molar-refractivity contribution in [3.05, 3.63) is 35.4 Å². The van der Waals surface area contributed by atoms with E-state index in [2.05, 4.69) is 17.4 Å². The second kappa shape index (κ2) is 6.61. The van der Waals surface area contributed by atoms with Crippen LogP contribution in [0.15, 0.2) is 24.3 Å². The van der Waals surface area contributed by atoms with Crippen LogP contribution in [0.2, 0.25) is 0 Å². The zero-order valence-electron chi connectivity index (χ0n) is 12.5.